The Labute approximate surface area is 183 Å². The Morgan fingerprint density at radius 1 is 1.10 bits per heavy atom. The van der Waals surface area contributed by atoms with Gasteiger partial charge in [-0.05, 0) is 48.4 Å². The maximum atomic E-state index is 12.8. The zero-order valence-corrected chi connectivity index (χ0v) is 18.3. The first-order valence-electron chi connectivity index (χ1n) is 9.22. The highest BCUT2D eigenvalue weighted by atomic mass is 35.5. The Kier molecular flexibility index (Phi) is 7.02. The van der Waals surface area contributed by atoms with Gasteiger partial charge in [0, 0.05) is 16.1 Å². The molecule has 0 aliphatic heterocycles. The number of halogens is 1. The third-order valence-corrected chi connectivity index (χ3v) is 5.44. The van der Waals surface area contributed by atoms with Crippen molar-refractivity contribution in [3.8, 4) is 16.3 Å². The van der Waals surface area contributed by atoms with E-state index < -0.39 is 6.04 Å². The number of carbonyl (C=O) groups excluding carboxylic acids is 2. The quantitative estimate of drug-likeness (QED) is 0.568. The third-order valence-electron chi connectivity index (χ3n) is 4.31. The molecule has 1 unspecified atom stereocenters. The van der Waals surface area contributed by atoms with Crippen LogP contribution < -0.4 is 15.4 Å². The molecule has 0 spiro atoms. The number of hydrogen-bond acceptors (Lipinski definition) is 6. The molecule has 1 aromatic heterocycles. The number of rotatable bonds is 7. The minimum atomic E-state index is -0.746. The summed E-state index contributed by atoms with van der Waals surface area (Å²) >= 11 is 7.20. The molecule has 0 fully saturated rings. The van der Waals surface area contributed by atoms with Crippen molar-refractivity contribution < 1.29 is 14.3 Å². The molecule has 2 amide bonds. The summed E-state index contributed by atoms with van der Waals surface area (Å²) in [6.07, 6.45) is 0. The lowest BCUT2D eigenvalue weighted by Crippen LogP contribution is -2.47. The summed E-state index contributed by atoms with van der Waals surface area (Å²) in [5.41, 5.74) is 1.25. The average molecular weight is 445 g/mol. The van der Waals surface area contributed by atoms with E-state index in [0.717, 1.165) is 11.3 Å². The highest BCUT2D eigenvalue weighted by Gasteiger charge is 2.26. The summed E-state index contributed by atoms with van der Waals surface area (Å²) < 4.78 is 5.15. The molecule has 0 aliphatic rings. The number of methoxy groups -OCH3 is 1. The molecule has 7 nitrogen and oxygen atoms in total. The molecule has 3 rings (SSSR count). The predicted octanol–water partition coefficient (Wildman–Crippen LogP) is 4.26. The zero-order valence-electron chi connectivity index (χ0n) is 16.7. The monoisotopic (exact) mass is 444 g/mol. The summed E-state index contributed by atoms with van der Waals surface area (Å²) in [6.45, 7) is 3.71. The molecule has 0 saturated heterocycles. The maximum absolute atomic E-state index is 12.8. The molecule has 1 heterocycles. The largest absolute Gasteiger partial charge is 0.497 e. The lowest BCUT2D eigenvalue weighted by Gasteiger charge is -2.21. The molecule has 3 aromatic rings. The molecule has 156 valence electrons. The Morgan fingerprint density at radius 3 is 2.47 bits per heavy atom. The second-order valence-corrected chi connectivity index (χ2v) is 8.25. The topological polar surface area (TPSA) is 93.2 Å². The summed E-state index contributed by atoms with van der Waals surface area (Å²) in [5, 5.41) is 15.1. The highest BCUT2D eigenvalue weighted by Crippen LogP contribution is 2.28. The normalized spacial score (nSPS) is 11.8. The van der Waals surface area contributed by atoms with Crippen LogP contribution in [0.1, 0.15) is 24.2 Å². The Hall–Kier alpha value is -2.97. The molecular formula is C21H21ClN4O3S. The van der Waals surface area contributed by atoms with Crippen molar-refractivity contribution in [2.75, 3.05) is 12.4 Å². The van der Waals surface area contributed by atoms with Crippen LogP contribution >= 0.6 is 22.9 Å². The molecule has 0 aliphatic carbocycles. The smallest absolute Gasteiger partial charge is 0.251 e. The van der Waals surface area contributed by atoms with Gasteiger partial charge in [-0.25, -0.2) is 0 Å². The van der Waals surface area contributed by atoms with Gasteiger partial charge in [0.05, 0.1) is 7.11 Å². The lowest BCUT2D eigenvalue weighted by molar-refractivity contribution is -0.118. The Morgan fingerprint density at radius 2 is 1.83 bits per heavy atom. The molecule has 1 atom stereocenters. The van der Waals surface area contributed by atoms with E-state index >= 15 is 0 Å². The number of anilines is 1. The van der Waals surface area contributed by atoms with Gasteiger partial charge in [-0.15, -0.1) is 10.2 Å². The second kappa shape index (κ2) is 9.69. The van der Waals surface area contributed by atoms with Gasteiger partial charge in [0.25, 0.3) is 5.91 Å². The molecule has 2 N–H and O–H groups in total. The summed E-state index contributed by atoms with van der Waals surface area (Å²) in [4.78, 5) is 25.3. The second-order valence-electron chi connectivity index (χ2n) is 6.84. The molecule has 0 bridgehead atoms. The highest BCUT2D eigenvalue weighted by molar-refractivity contribution is 7.18. The molecule has 30 heavy (non-hydrogen) atoms. The number of nitrogens with zero attached hydrogens (tertiary/aromatic N) is 2. The van der Waals surface area contributed by atoms with Gasteiger partial charge in [-0.3, -0.25) is 14.9 Å². The van der Waals surface area contributed by atoms with E-state index in [9.17, 15) is 9.59 Å². The van der Waals surface area contributed by atoms with Crippen LogP contribution in [0, 0.1) is 5.92 Å². The van der Waals surface area contributed by atoms with Crippen LogP contribution in [-0.4, -0.2) is 35.2 Å². The van der Waals surface area contributed by atoms with Crippen LogP contribution in [-0.2, 0) is 4.79 Å². The summed E-state index contributed by atoms with van der Waals surface area (Å²) in [7, 11) is 1.60. The minimum Gasteiger partial charge on any atom is -0.497 e. The van der Waals surface area contributed by atoms with Crippen LogP contribution in [0.25, 0.3) is 10.6 Å². The van der Waals surface area contributed by atoms with Gasteiger partial charge < -0.3 is 10.1 Å². The number of ether oxygens (including phenoxy) is 1. The van der Waals surface area contributed by atoms with Crippen LogP contribution in [0.4, 0.5) is 5.13 Å². The average Bonchev–Trinajstić information content (AvgIpc) is 3.20. The van der Waals surface area contributed by atoms with Gasteiger partial charge >= 0.3 is 0 Å². The van der Waals surface area contributed by atoms with Crippen molar-refractivity contribution in [1.82, 2.24) is 15.5 Å². The van der Waals surface area contributed by atoms with E-state index in [1.165, 1.54) is 11.3 Å². The number of hydrogen-bond donors (Lipinski definition) is 2. The number of carbonyl (C=O) groups is 2. The van der Waals surface area contributed by atoms with Crippen molar-refractivity contribution in [3.63, 3.8) is 0 Å². The van der Waals surface area contributed by atoms with Crippen LogP contribution in [0.15, 0.2) is 48.5 Å². The van der Waals surface area contributed by atoms with Crippen LogP contribution in [0.3, 0.4) is 0 Å². The number of nitrogens with one attached hydrogen (secondary N) is 2. The van der Waals surface area contributed by atoms with E-state index in [0.29, 0.717) is 20.7 Å². The van der Waals surface area contributed by atoms with Crippen molar-refractivity contribution in [2.24, 2.45) is 5.92 Å². The van der Waals surface area contributed by atoms with Crippen molar-refractivity contribution >= 4 is 39.9 Å². The van der Waals surface area contributed by atoms with Crippen LogP contribution in [0.2, 0.25) is 5.02 Å². The van der Waals surface area contributed by atoms with E-state index in [1.54, 1.807) is 31.4 Å². The van der Waals surface area contributed by atoms with Gasteiger partial charge in [-0.2, -0.15) is 0 Å². The number of benzene rings is 2. The molecule has 9 heteroatoms. The first-order valence-corrected chi connectivity index (χ1v) is 10.4. The molecule has 0 radical (unpaired) electrons. The first-order chi connectivity index (χ1) is 14.4. The van der Waals surface area contributed by atoms with Gasteiger partial charge in [0.15, 0.2) is 0 Å². The van der Waals surface area contributed by atoms with Gasteiger partial charge in [0.2, 0.25) is 11.0 Å². The van der Waals surface area contributed by atoms with Gasteiger partial charge in [-0.1, -0.05) is 42.9 Å². The van der Waals surface area contributed by atoms with E-state index in [-0.39, 0.29) is 17.7 Å². The van der Waals surface area contributed by atoms with E-state index in [2.05, 4.69) is 20.8 Å². The maximum Gasteiger partial charge on any atom is 0.251 e. The fourth-order valence-electron chi connectivity index (χ4n) is 2.70. The SMILES string of the molecule is COc1ccc(-c2nnc(NC(=O)C(NC(=O)c3cccc(Cl)c3)C(C)C)s2)cc1. The standard InChI is InChI=1S/C21H21ClN4O3S/c1-12(2)17(23-18(27)14-5-4-6-15(22)11-14)19(28)24-21-26-25-20(30-21)13-7-9-16(29-3)10-8-13/h4-12,17H,1-3H3,(H,23,27)(H,24,26,28). The van der Waals surface area contributed by atoms with E-state index in [1.807, 2.05) is 38.1 Å². The van der Waals surface area contributed by atoms with Crippen LogP contribution in [0.5, 0.6) is 5.75 Å². The molecular weight excluding hydrogens is 424 g/mol. The fourth-order valence-corrected chi connectivity index (χ4v) is 3.64. The molecule has 2 aromatic carbocycles. The predicted molar refractivity (Wildman–Crippen MR) is 118 cm³/mol. The first kappa shape index (κ1) is 21.7. The Bertz CT molecular complexity index is 1040. The minimum absolute atomic E-state index is 0.137. The Balaban J connectivity index is 1.69. The van der Waals surface area contributed by atoms with E-state index in [4.69, 9.17) is 16.3 Å². The number of aromatic nitrogens is 2. The van der Waals surface area contributed by atoms with Crippen molar-refractivity contribution in [2.45, 2.75) is 19.9 Å². The zero-order chi connectivity index (χ0) is 21.7. The van der Waals surface area contributed by atoms with Gasteiger partial charge in [0.1, 0.15) is 16.8 Å². The van der Waals surface area contributed by atoms with Crippen molar-refractivity contribution in [3.05, 3.63) is 59.1 Å². The number of amides is 2. The third kappa shape index (κ3) is 5.34. The summed E-state index contributed by atoms with van der Waals surface area (Å²) in [6, 6.07) is 13.2. The summed E-state index contributed by atoms with van der Waals surface area (Å²) in [5.74, 6) is -0.130. The fraction of sp³-hybridized carbons (Fsp3) is 0.238. The lowest BCUT2D eigenvalue weighted by atomic mass is 10.0. The van der Waals surface area contributed by atoms with Crippen molar-refractivity contribution in [1.29, 1.82) is 0 Å². The molecule has 0 saturated carbocycles.